The molecule has 2 heterocycles. The first-order valence-electron chi connectivity index (χ1n) is 9.16. The number of rotatable bonds is 2. The standard InChI is InChI=1S/C21H21NO6/c1-20(24)17-12(4-5-14(25-2)18(17)26-3)19(23)21(20)13-9-16-15(27-10-28-16)8-11(13)6-7-22-21/h4-5,8-9,22,24H,6-7,10H2,1-3H3/t20-,21+/m1/s1. The van der Waals surface area contributed by atoms with Gasteiger partial charge in [-0.3, -0.25) is 10.1 Å². The molecule has 2 aromatic carbocycles. The second-order valence-corrected chi connectivity index (χ2v) is 7.41. The van der Waals surface area contributed by atoms with Crippen LogP contribution in [0.1, 0.15) is 34.0 Å². The summed E-state index contributed by atoms with van der Waals surface area (Å²) in [6.07, 6.45) is 0.716. The number of fused-ring (bicyclic) bond motifs is 4. The molecule has 146 valence electrons. The van der Waals surface area contributed by atoms with Crippen molar-refractivity contribution in [3.05, 3.63) is 46.5 Å². The molecule has 0 saturated heterocycles. The van der Waals surface area contributed by atoms with Crippen molar-refractivity contribution in [3.63, 3.8) is 0 Å². The fraction of sp³-hybridized carbons (Fsp3) is 0.381. The van der Waals surface area contributed by atoms with Crippen LogP contribution in [0.2, 0.25) is 0 Å². The number of methoxy groups -OCH3 is 2. The molecule has 2 aliphatic heterocycles. The Morgan fingerprint density at radius 3 is 2.61 bits per heavy atom. The van der Waals surface area contributed by atoms with E-state index < -0.39 is 11.1 Å². The number of aliphatic hydroxyl groups is 1. The number of carbonyl (C=O) groups is 1. The number of ether oxygens (including phenoxy) is 4. The van der Waals surface area contributed by atoms with E-state index in [-0.39, 0.29) is 12.6 Å². The Kier molecular flexibility index (Phi) is 3.48. The average Bonchev–Trinajstić information content (AvgIpc) is 3.22. The Morgan fingerprint density at radius 2 is 1.89 bits per heavy atom. The highest BCUT2D eigenvalue weighted by molar-refractivity contribution is 6.11. The summed E-state index contributed by atoms with van der Waals surface area (Å²) >= 11 is 0. The van der Waals surface area contributed by atoms with Crippen molar-refractivity contribution in [1.82, 2.24) is 5.32 Å². The van der Waals surface area contributed by atoms with Gasteiger partial charge < -0.3 is 24.1 Å². The molecule has 0 unspecified atom stereocenters. The molecule has 5 rings (SSSR count). The lowest BCUT2D eigenvalue weighted by atomic mass is 9.71. The molecule has 0 saturated carbocycles. The van der Waals surface area contributed by atoms with Gasteiger partial charge >= 0.3 is 0 Å². The molecule has 0 radical (unpaired) electrons. The fourth-order valence-electron chi connectivity index (χ4n) is 4.87. The predicted molar refractivity (Wildman–Crippen MR) is 99.4 cm³/mol. The molecule has 0 aromatic heterocycles. The molecule has 7 heteroatoms. The van der Waals surface area contributed by atoms with Crippen LogP contribution in [-0.2, 0) is 17.6 Å². The lowest BCUT2D eigenvalue weighted by Gasteiger charge is -2.44. The SMILES string of the molecule is COc1ccc2c(c1OC)[C@@](C)(O)[C@@]1(NCCc3cc4c(cc31)OCO4)C2=O. The average molecular weight is 383 g/mol. The molecule has 1 aliphatic carbocycles. The number of nitrogens with one attached hydrogen (secondary N) is 1. The first-order chi connectivity index (χ1) is 13.5. The maximum Gasteiger partial charge on any atom is 0.231 e. The Bertz CT molecular complexity index is 1010. The van der Waals surface area contributed by atoms with E-state index in [0.29, 0.717) is 52.7 Å². The molecule has 0 amide bonds. The quantitative estimate of drug-likeness (QED) is 0.819. The number of benzene rings is 2. The Hall–Kier alpha value is -2.77. The molecule has 0 fully saturated rings. The van der Waals surface area contributed by atoms with Crippen LogP contribution < -0.4 is 24.3 Å². The van der Waals surface area contributed by atoms with Crippen LogP contribution in [0.4, 0.5) is 0 Å². The lowest BCUT2D eigenvalue weighted by Crippen LogP contribution is -2.60. The normalized spacial score (nSPS) is 26.9. The molecule has 7 nitrogen and oxygen atoms in total. The smallest absolute Gasteiger partial charge is 0.231 e. The summed E-state index contributed by atoms with van der Waals surface area (Å²) in [4.78, 5) is 13.7. The number of Topliss-reactive ketones (excluding diaryl/α,β-unsaturated/α-hetero) is 1. The third-order valence-electron chi connectivity index (χ3n) is 6.13. The van der Waals surface area contributed by atoms with E-state index >= 15 is 0 Å². The monoisotopic (exact) mass is 383 g/mol. The molecule has 28 heavy (non-hydrogen) atoms. The topological polar surface area (TPSA) is 86.2 Å². The van der Waals surface area contributed by atoms with Crippen LogP contribution in [0.15, 0.2) is 24.3 Å². The van der Waals surface area contributed by atoms with Crippen LogP contribution in [0.25, 0.3) is 0 Å². The largest absolute Gasteiger partial charge is 0.493 e. The van der Waals surface area contributed by atoms with E-state index in [1.54, 1.807) is 19.1 Å². The third kappa shape index (κ3) is 1.88. The number of carbonyl (C=O) groups excluding carboxylic acids is 1. The van der Waals surface area contributed by atoms with E-state index in [4.69, 9.17) is 18.9 Å². The van der Waals surface area contributed by atoms with Gasteiger partial charge in [0.2, 0.25) is 6.79 Å². The Morgan fingerprint density at radius 1 is 1.14 bits per heavy atom. The van der Waals surface area contributed by atoms with Gasteiger partial charge in [0.1, 0.15) is 11.1 Å². The summed E-state index contributed by atoms with van der Waals surface area (Å²) in [7, 11) is 3.03. The molecular formula is C21H21NO6. The number of hydrogen-bond acceptors (Lipinski definition) is 7. The molecule has 3 aliphatic rings. The molecule has 2 atom stereocenters. The van der Waals surface area contributed by atoms with E-state index in [0.717, 1.165) is 5.56 Å². The van der Waals surface area contributed by atoms with Crippen LogP contribution in [0.5, 0.6) is 23.0 Å². The van der Waals surface area contributed by atoms with Crippen molar-refractivity contribution in [2.45, 2.75) is 24.5 Å². The van der Waals surface area contributed by atoms with Gasteiger partial charge in [-0.1, -0.05) is 0 Å². The summed E-state index contributed by atoms with van der Waals surface area (Å²) in [5, 5.41) is 15.2. The van der Waals surface area contributed by atoms with Gasteiger partial charge in [-0.2, -0.15) is 0 Å². The van der Waals surface area contributed by atoms with E-state index in [1.165, 1.54) is 14.2 Å². The van der Waals surface area contributed by atoms with Crippen molar-refractivity contribution in [3.8, 4) is 23.0 Å². The van der Waals surface area contributed by atoms with Crippen molar-refractivity contribution in [1.29, 1.82) is 0 Å². The number of hydrogen-bond donors (Lipinski definition) is 2. The van der Waals surface area contributed by atoms with E-state index in [9.17, 15) is 9.90 Å². The van der Waals surface area contributed by atoms with Crippen LogP contribution in [-0.4, -0.2) is 38.4 Å². The Labute approximate surface area is 162 Å². The minimum Gasteiger partial charge on any atom is -0.493 e. The summed E-state index contributed by atoms with van der Waals surface area (Å²) in [5.74, 6) is 1.87. The lowest BCUT2D eigenvalue weighted by molar-refractivity contribution is -0.0272. The highest BCUT2D eigenvalue weighted by atomic mass is 16.7. The first kappa shape index (κ1) is 17.3. The molecule has 2 aromatic rings. The minimum atomic E-state index is -1.57. The number of ketones is 1. The first-order valence-corrected chi connectivity index (χ1v) is 9.16. The van der Waals surface area contributed by atoms with Gasteiger partial charge in [0.25, 0.3) is 0 Å². The van der Waals surface area contributed by atoms with Gasteiger partial charge in [-0.25, -0.2) is 0 Å². The zero-order chi connectivity index (χ0) is 19.7. The maximum atomic E-state index is 13.7. The fourth-order valence-corrected chi connectivity index (χ4v) is 4.87. The van der Waals surface area contributed by atoms with Crippen LogP contribution >= 0.6 is 0 Å². The molecular weight excluding hydrogens is 362 g/mol. The highest BCUT2D eigenvalue weighted by Crippen LogP contribution is 2.57. The summed E-state index contributed by atoms with van der Waals surface area (Å²) < 4.78 is 22.0. The van der Waals surface area contributed by atoms with Gasteiger partial charge in [-0.05, 0) is 48.7 Å². The highest BCUT2D eigenvalue weighted by Gasteiger charge is 2.64. The third-order valence-corrected chi connectivity index (χ3v) is 6.13. The minimum absolute atomic E-state index is 0.147. The molecule has 0 bridgehead atoms. The summed E-state index contributed by atoms with van der Waals surface area (Å²) in [5.41, 5.74) is -0.408. The van der Waals surface area contributed by atoms with Crippen molar-refractivity contribution < 1.29 is 28.8 Å². The second kappa shape index (κ2) is 5.62. The van der Waals surface area contributed by atoms with Crippen LogP contribution in [0, 0.1) is 0 Å². The van der Waals surface area contributed by atoms with Gasteiger partial charge in [0.15, 0.2) is 28.8 Å². The summed E-state index contributed by atoms with van der Waals surface area (Å²) in [6, 6.07) is 7.09. The van der Waals surface area contributed by atoms with Crippen molar-refractivity contribution >= 4 is 5.78 Å². The van der Waals surface area contributed by atoms with Gasteiger partial charge in [0, 0.05) is 17.7 Å². The second-order valence-electron chi connectivity index (χ2n) is 7.41. The van der Waals surface area contributed by atoms with E-state index in [2.05, 4.69) is 5.32 Å². The van der Waals surface area contributed by atoms with Crippen LogP contribution in [0.3, 0.4) is 0 Å². The van der Waals surface area contributed by atoms with E-state index in [1.807, 2.05) is 12.1 Å². The predicted octanol–water partition coefficient (Wildman–Crippen LogP) is 1.88. The zero-order valence-corrected chi connectivity index (χ0v) is 15.9. The Balaban J connectivity index is 1.80. The van der Waals surface area contributed by atoms with Gasteiger partial charge in [0.05, 0.1) is 14.2 Å². The van der Waals surface area contributed by atoms with Gasteiger partial charge in [-0.15, -0.1) is 0 Å². The maximum absolute atomic E-state index is 13.7. The zero-order valence-electron chi connectivity index (χ0n) is 15.9. The molecule has 2 N–H and O–H groups in total. The summed E-state index contributed by atoms with van der Waals surface area (Å²) in [6.45, 7) is 2.33. The van der Waals surface area contributed by atoms with Crippen molar-refractivity contribution in [2.75, 3.05) is 27.6 Å². The molecule has 1 spiro atoms. The van der Waals surface area contributed by atoms with Crippen molar-refractivity contribution in [2.24, 2.45) is 0 Å².